The molecule has 22 heavy (non-hydrogen) atoms. The fraction of sp³-hybridized carbons (Fsp3) is 0.955. The Morgan fingerprint density at radius 2 is 0.909 bits per heavy atom. The smallest absolute Gasteiger partial charge is 0.0443 e. The summed E-state index contributed by atoms with van der Waals surface area (Å²) in [6, 6.07) is 0. The maximum absolute atomic E-state index is 3.92. The van der Waals surface area contributed by atoms with Crippen molar-refractivity contribution in [2.24, 2.45) is 5.92 Å². The number of hydrogen-bond acceptors (Lipinski definition) is 0. The second-order valence-electron chi connectivity index (χ2n) is 7.49. The third-order valence-electron chi connectivity index (χ3n) is 5.00. The molecule has 0 amide bonds. The van der Waals surface area contributed by atoms with Crippen molar-refractivity contribution in [3.63, 3.8) is 0 Å². The first-order valence-corrected chi connectivity index (χ1v) is 10.6. The Morgan fingerprint density at radius 1 is 0.545 bits per heavy atom. The molecule has 0 aliphatic rings. The molecule has 0 heteroatoms. The second-order valence-corrected chi connectivity index (χ2v) is 7.49. The first-order chi connectivity index (χ1) is 10.8. The predicted molar refractivity (Wildman–Crippen MR) is 103 cm³/mol. The zero-order chi connectivity index (χ0) is 16.3. The lowest BCUT2D eigenvalue weighted by atomic mass is 9.96. The topological polar surface area (TPSA) is 0 Å². The van der Waals surface area contributed by atoms with Crippen LogP contribution in [0.3, 0.4) is 0 Å². The van der Waals surface area contributed by atoms with Crippen LogP contribution < -0.4 is 0 Å². The molecule has 0 aromatic carbocycles. The summed E-state index contributed by atoms with van der Waals surface area (Å²) in [5, 5.41) is 0. The normalized spacial score (nSPS) is 12.7. The summed E-state index contributed by atoms with van der Waals surface area (Å²) in [5.74, 6) is 0.952. The number of hydrogen-bond donors (Lipinski definition) is 0. The van der Waals surface area contributed by atoms with E-state index in [1.54, 1.807) is 0 Å². The Labute approximate surface area is 142 Å². The van der Waals surface area contributed by atoms with Crippen LogP contribution >= 0.6 is 0 Å². The van der Waals surface area contributed by atoms with E-state index in [1.807, 2.05) is 0 Å². The van der Waals surface area contributed by atoms with Crippen LogP contribution in [-0.4, -0.2) is 0 Å². The van der Waals surface area contributed by atoms with E-state index in [9.17, 15) is 0 Å². The fourth-order valence-electron chi connectivity index (χ4n) is 3.32. The van der Waals surface area contributed by atoms with Crippen LogP contribution in [0, 0.1) is 12.8 Å². The standard InChI is InChI=1S/C22H45/c1-4-6-8-10-11-12-13-14-15-16-17-19-21-22(3)20-18-9-7-5-2/h22H,2,4-21H2,1,3H3. The Morgan fingerprint density at radius 3 is 1.32 bits per heavy atom. The summed E-state index contributed by atoms with van der Waals surface area (Å²) >= 11 is 0. The minimum absolute atomic E-state index is 0.952. The largest absolute Gasteiger partial charge is 0.0654 e. The minimum atomic E-state index is 0.952. The van der Waals surface area contributed by atoms with Crippen molar-refractivity contribution >= 4 is 0 Å². The molecule has 0 N–H and O–H groups in total. The maximum atomic E-state index is 3.92. The summed E-state index contributed by atoms with van der Waals surface area (Å²) in [6.07, 6.45) is 25.7. The lowest BCUT2D eigenvalue weighted by Gasteiger charge is -2.10. The third-order valence-corrected chi connectivity index (χ3v) is 5.00. The highest BCUT2D eigenvalue weighted by Crippen LogP contribution is 2.18. The van der Waals surface area contributed by atoms with Gasteiger partial charge in [-0.05, 0) is 5.92 Å². The molecule has 0 heterocycles. The molecule has 1 unspecified atom stereocenters. The minimum Gasteiger partial charge on any atom is -0.0654 e. The van der Waals surface area contributed by atoms with Crippen LogP contribution in [0.2, 0.25) is 0 Å². The predicted octanol–water partition coefficient (Wildman–Crippen LogP) is 8.50. The summed E-state index contributed by atoms with van der Waals surface area (Å²) in [6.45, 7) is 8.66. The van der Waals surface area contributed by atoms with Gasteiger partial charge in [0.15, 0.2) is 0 Å². The Kier molecular flexibility index (Phi) is 19.0. The first-order valence-electron chi connectivity index (χ1n) is 10.6. The summed E-state index contributed by atoms with van der Waals surface area (Å²) in [4.78, 5) is 0. The average Bonchev–Trinajstić information content (AvgIpc) is 2.52. The second kappa shape index (κ2) is 19.0. The van der Waals surface area contributed by atoms with Crippen molar-refractivity contribution in [1.29, 1.82) is 0 Å². The van der Waals surface area contributed by atoms with Crippen molar-refractivity contribution in [2.75, 3.05) is 0 Å². The monoisotopic (exact) mass is 309 g/mol. The van der Waals surface area contributed by atoms with Crippen molar-refractivity contribution in [3.8, 4) is 0 Å². The van der Waals surface area contributed by atoms with Crippen molar-refractivity contribution in [2.45, 2.75) is 129 Å². The van der Waals surface area contributed by atoms with Crippen molar-refractivity contribution in [3.05, 3.63) is 6.92 Å². The molecule has 0 bridgehead atoms. The number of unbranched alkanes of at least 4 members (excludes halogenated alkanes) is 14. The quantitative estimate of drug-likeness (QED) is 0.223. The van der Waals surface area contributed by atoms with Gasteiger partial charge in [0.1, 0.15) is 0 Å². The highest BCUT2D eigenvalue weighted by molar-refractivity contribution is 4.56. The third kappa shape index (κ3) is 18.1. The Hall–Kier alpha value is 0. The van der Waals surface area contributed by atoms with E-state index in [2.05, 4.69) is 20.8 Å². The van der Waals surface area contributed by atoms with Gasteiger partial charge in [-0.1, -0.05) is 136 Å². The highest BCUT2D eigenvalue weighted by Gasteiger charge is 2.01. The van der Waals surface area contributed by atoms with E-state index < -0.39 is 0 Å². The van der Waals surface area contributed by atoms with Crippen LogP contribution in [-0.2, 0) is 0 Å². The van der Waals surface area contributed by atoms with Gasteiger partial charge in [0.2, 0.25) is 0 Å². The van der Waals surface area contributed by atoms with Gasteiger partial charge >= 0.3 is 0 Å². The molecule has 1 atom stereocenters. The molecule has 0 saturated heterocycles. The zero-order valence-corrected chi connectivity index (χ0v) is 16.0. The fourth-order valence-corrected chi connectivity index (χ4v) is 3.32. The van der Waals surface area contributed by atoms with Crippen LogP contribution in [0.15, 0.2) is 0 Å². The van der Waals surface area contributed by atoms with Gasteiger partial charge in [0, 0.05) is 0 Å². The Balaban J connectivity index is 3.07. The average molecular weight is 310 g/mol. The molecular formula is C22H45. The van der Waals surface area contributed by atoms with Gasteiger partial charge in [-0.15, -0.1) is 0 Å². The molecule has 0 aliphatic heterocycles. The van der Waals surface area contributed by atoms with Crippen LogP contribution in [0.1, 0.15) is 129 Å². The van der Waals surface area contributed by atoms with Gasteiger partial charge in [-0.25, -0.2) is 0 Å². The molecule has 0 fully saturated rings. The molecule has 0 spiro atoms. The first kappa shape index (κ1) is 22.0. The summed E-state index contributed by atoms with van der Waals surface area (Å²) < 4.78 is 0. The molecule has 0 nitrogen and oxygen atoms in total. The van der Waals surface area contributed by atoms with E-state index in [0.717, 1.165) is 12.3 Å². The summed E-state index contributed by atoms with van der Waals surface area (Å²) in [5.41, 5.74) is 0. The van der Waals surface area contributed by atoms with Gasteiger partial charge < -0.3 is 0 Å². The molecule has 0 aliphatic carbocycles. The summed E-state index contributed by atoms with van der Waals surface area (Å²) in [7, 11) is 0. The van der Waals surface area contributed by atoms with Crippen LogP contribution in [0.5, 0.6) is 0 Å². The van der Waals surface area contributed by atoms with Gasteiger partial charge in [-0.3, -0.25) is 0 Å². The van der Waals surface area contributed by atoms with E-state index in [4.69, 9.17) is 0 Å². The molecule has 0 rings (SSSR count). The van der Waals surface area contributed by atoms with E-state index in [-0.39, 0.29) is 0 Å². The van der Waals surface area contributed by atoms with E-state index >= 15 is 0 Å². The van der Waals surface area contributed by atoms with Gasteiger partial charge in [0.25, 0.3) is 0 Å². The maximum Gasteiger partial charge on any atom is -0.0443 e. The molecule has 0 saturated carbocycles. The Bertz CT molecular complexity index is 184. The molecule has 0 aromatic heterocycles. The number of rotatable bonds is 18. The van der Waals surface area contributed by atoms with Gasteiger partial charge in [0.05, 0.1) is 0 Å². The van der Waals surface area contributed by atoms with E-state index in [1.165, 1.54) is 109 Å². The van der Waals surface area contributed by atoms with Crippen molar-refractivity contribution < 1.29 is 0 Å². The van der Waals surface area contributed by atoms with Crippen LogP contribution in [0.4, 0.5) is 0 Å². The van der Waals surface area contributed by atoms with Crippen molar-refractivity contribution in [1.82, 2.24) is 0 Å². The molecule has 1 radical (unpaired) electrons. The lowest BCUT2D eigenvalue weighted by Crippen LogP contribution is -1.95. The van der Waals surface area contributed by atoms with Crippen LogP contribution in [0.25, 0.3) is 0 Å². The lowest BCUT2D eigenvalue weighted by molar-refractivity contribution is 0.434. The zero-order valence-electron chi connectivity index (χ0n) is 16.0. The SMILES string of the molecule is [CH2]CCCCCC(C)CCCCCCCCCCCCCC. The van der Waals surface area contributed by atoms with Gasteiger partial charge in [-0.2, -0.15) is 0 Å². The molecule has 0 aromatic rings. The molecule has 133 valence electrons. The van der Waals surface area contributed by atoms with E-state index in [0.29, 0.717) is 0 Å². The molecular weight excluding hydrogens is 264 g/mol. The highest BCUT2D eigenvalue weighted by atomic mass is 14.1.